The normalized spacial score (nSPS) is 11.5. The second kappa shape index (κ2) is 6.12. The maximum absolute atomic E-state index is 13.6. The third-order valence-electron chi connectivity index (χ3n) is 2.81. The molecule has 0 bridgehead atoms. The van der Waals surface area contributed by atoms with E-state index in [1.165, 1.54) is 0 Å². The van der Waals surface area contributed by atoms with Crippen molar-refractivity contribution in [2.24, 2.45) is 0 Å². The third kappa shape index (κ3) is 3.80. The van der Waals surface area contributed by atoms with Crippen LogP contribution in [0.1, 0.15) is 11.1 Å². The summed E-state index contributed by atoms with van der Waals surface area (Å²) in [5.74, 6) is -0.786. The van der Waals surface area contributed by atoms with E-state index in [4.69, 9.17) is 23.2 Å². The van der Waals surface area contributed by atoms with E-state index in [1.54, 1.807) is 18.2 Å². The summed E-state index contributed by atoms with van der Waals surface area (Å²) in [5, 5.41) is 3.28. The Bertz CT molecular complexity index is 636. The first-order chi connectivity index (χ1) is 9.79. The smallest absolute Gasteiger partial charge is 0.378 e. The van der Waals surface area contributed by atoms with Crippen LogP contribution in [-0.2, 0) is 12.7 Å². The number of benzene rings is 2. The van der Waals surface area contributed by atoms with Crippen molar-refractivity contribution in [3.8, 4) is 0 Å². The number of anilines is 1. The van der Waals surface area contributed by atoms with Crippen molar-refractivity contribution in [1.82, 2.24) is 0 Å². The molecule has 0 spiro atoms. The van der Waals surface area contributed by atoms with Gasteiger partial charge in [-0.2, -0.15) is 13.2 Å². The fraction of sp³-hybridized carbons (Fsp3) is 0.143. The lowest BCUT2D eigenvalue weighted by atomic mass is 10.1. The van der Waals surface area contributed by atoms with Crippen LogP contribution < -0.4 is 5.32 Å². The molecular weight excluding hydrogens is 329 g/mol. The highest BCUT2D eigenvalue weighted by atomic mass is 35.5. The van der Waals surface area contributed by atoms with Crippen molar-refractivity contribution in [1.29, 1.82) is 0 Å². The van der Waals surface area contributed by atoms with Gasteiger partial charge in [-0.25, -0.2) is 4.39 Å². The number of halogens is 6. The maximum atomic E-state index is 13.6. The largest absolute Gasteiger partial charge is 0.416 e. The van der Waals surface area contributed by atoms with Crippen molar-refractivity contribution in [2.75, 3.05) is 5.32 Å². The SMILES string of the molecule is Fc1ccc(C(F)(F)F)cc1NCc1c(Cl)cccc1Cl. The summed E-state index contributed by atoms with van der Waals surface area (Å²) in [6, 6.07) is 6.97. The summed E-state index contributed by atoms with van der Waals surface area (Å²) in [5.41, 5.74) is -0.713. The molecule has 2 aromatic carbocycles. The molecule has 0 aliphatic rings. The fourth-order valence-electron chi connectivity index (χ4n) is 1.72. The van der Waals surface area contributed by atoms with Gasteiger partial charge in [-0.1, -0.05) is 29.3 Å². The Morgan fingerprint density at radius 3 is 2.19 bits per heavy atom. The second-order valence-corrected chi connectivity index (χ2v) is 5.06. The Balaban J connectivity index is 2.24. The third-order valence-corrected chi connectivity index (χ3v) is 3.52. The molecule has 0 saturated heterocycles. The Hall–Kier alpha value is -1.46. The molecule has 7 heteroatoms. The van der Waals surface area contributed by atoms with E-state index in [1.807, 2.05) is 0 Å². The van der Waals surface area contributed by atoms with Crippen LogP contribution in [0, 0.1) is 5.82 Å². The predicted octanol–water partition coefficient (Wildman–Crippen LogP) is 5.76. The molecule has 112 valence electrons. The standard InChI is InChI=1S/C14H9Cl2F4N/c15-10-2-1-3-11(16)9(10)7-21-13-6-8(14(18,19)20)4-5-12(13)17/h1-6,21H,7H2. The first-order valence-electron chi connectivity index (χ1n) is 5.82. The predicted molar refractivity (Wildman–Crippen MR) is 75.2 cm³/mol. The van der Waals surface area contributed by atoms with Crippen molar-refractivity contribution in [3.05, 3.63) is 63.4 Å². The zero-order valence-corrected chi connectivity index (χ0v) is 12.0. The van der Waals surface area contributed by atoms with Crippen LogP contribution in [0.25, 0.3) is 0 Å². The molecule has 0 atom stereocenters. The van der Waals surface area contributed by atoms with E-state index in [0.717, 1.165) is 6.07 Å². The highest BCUT2D eigenvalue weighted by Gasteiger charge is 2.31. The first-order valence-corrected chi connectivity index (χ1v) is 6.58. The van der Waals surface area contributed by atoms with Crippen LogP contribution >= 0.6 is 23.2 Å². The van der Waals surface area contributed by atoms with E-state index in [2.05, 4.69) is 5.32 Å². The summed E-state index contributed by atoms with van der Waals surface area (Å²) >= 11 is 11.9. The molecule has 0 amide bonds. The van der Waals surface area contributed by atoms with Gasteiger partial charge in [0.05, 0.1) is 11.3 Å². The van der Waals surface area contributed by atoms with Gasteiger partial charge in [0.1, 0.15) is 5.82 Å². The molecule has 0 aliphatic heterocycles. The van der Waals surface area contributed by atoms with Crippen LogP contribution in [0.4, 0.5) is 23.2 Å². The summed E-state index contributed by atoms with van der Waals surface area (Å²) in [7, 11) is 0. The van der Waals surface area contributed by atoms with Gasteiger partial charge in [0.2, 0.25) is 0 Å². The fourth-order valence-corrected chi connectivity index (χ4v) is 2.25. The number of alkyl halides is 3. The number of rotatable bonds is 3. The maximum Gasteiger partial charge on any atom is 0.416 e. The molecular formula is C14H9Cl2F4N. The molecule has 1 nitrogen and oxygen atoms in total. The number of hydrogen-bond acceptors (Lipinski definition) is 1. The van der Waals surface area contributed by atoms with Crippen LogP contribution in [0.15, 0.2) is 36.4 Å². The molecule has 0 unspecified atom stereocenters. The van der Waals surface area contributed by atoms with E-state index < -0.39 is 17.6 Å². The molecule has 0 heterocycles. The Morgan fingerprint density at radius 1 is 1.00 bits per heavy atom. The lowest BCUT2D eigenvalue weighted by Crippen LogP contribution is -2.08. The molecule has 0 radical (unpaired) electrons. The Kier molecular flexibility index (Phi) is 4.64. The molecule has 0 aliphatic carbocycles. The highest BCUT2D eigenvalue weighted by Crippen LogP contribution is 2.32. The summed E-state index contributed by atoms with van der Waals surface area (Å²) in [6.07, 6.45) is -4.54. The van der Waals surface area contributed by atoms with Gasteiger partial charge in [0.25, 0.3) is 0 Å². The van der Waals surface area contributed by atoms with Crippen molar-refractivity contribution >= 4 is 28.9 Å². The van der Waals surface area contributed by atoms with Crippen LogP contribution in [-0.4, -0.2) is 0 Å². The monoisotopic (exact) mass is 337 g/mol. The van der Waals surface area contributed by atoms with Gasteiger partial charge in [-0.05, 0) is 30.3 Å². The second-order valence-electron chi connectivity index (χ2n) is 4.25. The molecule has 0 saturated carbocycles. The van der Waals surface area contributed by atoms with Gasteiger partial charge < -0.3 is 5.32 Å². The Labute approximate surface area is 128 Å². The topological polar surface area (TPSA) is 12.0 Å². The van der Waals surface area contributed by atoms with Crippen molar-refractivity contribution < 1.29 is 17.6 Å². The van der Waals surface area contributed by atoms with Gasteiger partial charge in [0.15, 0.2) is 0 Å². The average molecular weight is 338 g/mol. The minimum Gasteiger partial charge on any atom is -0.378 e. The summed E-state index contributed by atoms with van der Waals surface area (Å²) in [6.45, 7) is 0.0107. The lowest BCUT2D eigenvalue weighted by Gasteiger charge is -2.13. The van der Waals surface area contributed by atoms with Gasteiger partial charge >= 0.3 is 6.18 Å². The van der Waals surface area contributed by atoms with E-state index in [0.29, 0.717) is 27.7 Å². The highest BCUT2D eigenvalue weighted by molar-refractivity contribution is 6.36. The van der Waals surface area contributed by atoms with Gasteiger partial charge in [-0.3, -0.25) is 0 Å². The number of hydrogen-bond donors (Lipinski definition) is 1. The quantitative estimate of drug-likeness (QED) is 0.701. The van der Waals surface area contributed by atoms with E-state index >= 15 is 0 Å². The van der Waals surface area contributed by atoms with Gasteiger partial charge in [-0.15, -0.1) is 0 Å². The molecule has 1 N–H and O–H groups in total. The minimum atomic E-state index is -4.54. The zero-order chi connectivity index (χ0) is 15.6. The first kappa shape index (κ1) is 15.9. The molecule has 2 rings (SSSR count). The summed E-state index contributed by atoms with van der Waals surface area (Å²) in [4.78, 5) is 0. The minimum absolute atomic E-state index is 0.0107. The van der Waals surface area contributed by atoms with E-state index in [-0.39, 0.29) is 12.2 Å². The average Bonchev–Trinajstić information content (AvgIpc) is 2.38. The Morgan fingerprint density at radius 2 is 1.62 bits per heavy atom. The van der Waals surface area contributed by atoms with Crippen LogP contribution in [0.5, 0.6) is 0 Å². The van der Waals surface area contributed by atoms with Crippen LogP contribution in [0.2, 0.25) is 10.0 Å². The summed E-state index contributed by atoms with van der Waals surface area (Å²) < 4.78 is 51.4. The number of nitrogens with one attached hydrogen (secondary N) is 1. The van der Waals surface area contributed by atoms with E-state index in [9.17, 15) is 17.6 Å². The van der Waals surface area contributed by atoms with Crippen LogP contribution in [0.3, 0.4) is 0 Å². The van der Waals surface area contributed by atoms with Crippen molar-refractivity contribution in [3.63, 3.8) is 0 Å². The molecule has 0 aromatic heterocycles. The molecule has 2 aromatic rings. The van der Waals surface area contributed by atoms with Crippen molar-refractivity contribution in [2.45, 2.75) is 12.7 Å². The molecule has 0 fully saturated rings. The zero-order valence-electron chi connectivity index (χ0n) is 10.4. The van der Waals surface area contributed by atoms with Gasteiger partial charge in [0, 0.05) is 22.2 Å². The lowest BCUT2D eigenvalue weighted by molar-refractivity contribution is -0.137. The molecule has 21 heavy (non-hydrogen) atoms.